The first-order valence-corrected chi connectivity index (χ1v) is 9.56. The third-order valence-corrected chi connectivity index (χ3v) is 4.88. The zero-order valence-electron chi connectivity index (χ0n) is 14.9. The van der Waals surface area contributed by atoms with Crippen molar-refractivity contribution in [1.29, 1.82) is 0 Å². The first-order valence-electron chi connectivity index (χ1n) is 8.75. The van der Waals surface area contributed by atoms with Crippen LogP contribution in [0.3, 0.4) is 0 Å². The van der Waals surface area contributed by atoms with Crippen LogP contribution >= 0.6 is 11.8 Å². The van der Waals surface area contributed by atoms with Crippen LogP contribution in [0.15, 0.2) is 68.2 Å². The second kappa shape index (κ2) is 8.85. The molecule has 9 heteroatoms. The molecule has 1 aromatic carbocycles. The monoisotopic (exact) mass is 399 g/mol. The van der Waals surface area contributed by atoms with Gasteiger partial charge in [0.05, 0.1) is 25.6 Å². The highest BCUT2D eigenvalue weighted by Gasteiger charge is 2.17. The van der Waals surface area contributed by atoms with Crippen LogP contribution in [-0.2, 0) is 4.74 Å². The number of anilines is 2. The molecule has 0 saturated carbocycles. The van der Waals surface area contributed by atoms with Gasteiger partial charge < -0.3 is 14.1 Å². The predicted octanol–water partition coefficient (Wildman–Crippen LogP) is 3.64. The summed E-state index contributed by atoms with van der Waals surface area (Å²) in [5.41, 5.74) is 2.71. The Kier molecular flexibility index (Phi) is 5.83. The van der Waals surface area contributed by atoms with Crippen molar-refractivity contribution >= 4 is 29.7 Å². The Labute approximate surface area is 165 Å². The molecule has 3 heterocycles. The van der Waals surface area contributed by atoms with E-state index in [4.69, 9.17) is 9.15 Å². The normalized spacial score (nSPS) is 14.5. The molecule has 1 aliphatic rings. The summed E-state index contributed by atoms with van der Waals surface area (Å²) >= 11 is 1.53. The summed E-state index contributed by atoms with van der Waals surface area (Å²) in [6.45, 7) is 2.27. The van der Waals surface area contributed by atoms with Gasteiger partial charge in [0.15, 0.2) is 16.7 Å². The van der Waals surface area contributed by atoms with Crippen molar-refractivity contribution < 1.29 is 13.5 Å². The van der Waals surface area contributed by atoms with E-state index in [0.29, 0.717) is 32.1 Å². The minimum atomic E-state index is -0.468. The van der Waals surface area contributed by atoms with E-state index in [0.717, 1.165) is 16.2 Å². The minimum absolute atomic E-state index is 0.213. The van der Waals surface area contributed by atoms with Gasteiger partial charge in [-0.3, -0.25) is 0 Å². The average molecular weight is 399 g/mol. The van der Waals surface area contributed by atoms with E-state index >= 15 is 0 Å². The molecular weight excluding hydrogens is 381 g/mol. The lowest BCUT2D eigenvalue weighted by Gasteiger charge is -2.27. The zero-order chi connectivity index (χ0) is 19.2. The molecule has 4 rings (SSSR count). The van der Waals surface area contributed by atoms with E-state index in [1.807, 2.05) is 47.4 Å². The van der Waals surface area contributed by atoms with Gasteiger partial charge in [0.2, 0.25) is 5.95 Å². The summed E-state index contributed by atoms with van der Waals surface area (Å²) in [6.07, 6.45) is 2.66. The lowest BCUT2D eigenvalue weighted by molar-refractivity contribution is 0.122. The molecule has 1 aliphatic heterocycles. The standard InChI is InChI=1S/C19H18FN5O2S/c20-16-13-21-19(23-18(16)25-8-10-26-11-9-25)24-22-12-14-6-7-17(27-14)28-15-4-2-1-3-5-15/h1-7,12-13H,8-11H2,(H,21,23,24). The number of morpholine rings is 1. The van der Waals surface area contributed by atoms with Gasteiger partial charge in [0.1, 0.15) is 5.76 Å². The van der Waals surface area contributed by atoms with Crippen molar-refractivity contribution in [3.8, 4) is 0 Å². The lowest BCUT2D eigenvalue weighted by atomic mass is 10.4. The van der Waals surface area contributed by atoms with Crippen LogP contribution in [-0.4, -0.2) is 42.5 Å². The number of nitrogens with zero attached hydrogens (tertiary/aromatic N) is 4. The molecule has 1 fully saturated rings. The van der Waals surface area contributed by atoms with Crippen molar-refractivity contribution in [2.45, 2.75) is 9.99 Å². The lowest BCUT2D eigenvalue weighted by Crippen LogP contribution is -2.37. The molecule has 3 aromatic rings. The van der Waals surface area contributed by atoms with E-state index in [1.165, 1.54) is 18.0 Å². The van der Waals surface area contributed by atoms with E-state index < -0.39 is 5.82 Å². The highest BCUT2D eigenvalue weighted by Crippen LogP contribution is 2.28. The smallest absolute Gasteiger partial charge is 0.245 e. The van der Waals surface area contributed by atoms with Crippen molar-refractivity contribution in [2.24, 2.45) is 5.10 Å². The largest absolute Gasteiger partial charge is 0.448 e. The third kappa shape index (κ3) is 4.68. The number of rotatable bonds is 6. The van der Waals surface area contributed by atoms with Gasteiger partial charge in [0, 0.05) is 18.0 Å². The van der Waals surface area contributed by atoms with E-state index in [1.54, 1.807) is 0 Å². The first-order chi connectivity index (χ1) is 13.8. The van der Waals surface area contributed by atoms with Gasteiger partial charge in [0.25, 0.3) is 0 Å². The number of benzene rings is 1. The van der Waals surface area contributed by atoms with Crippen LogP contribution in [0.4, 0.5) is 16.2 Å². The number of halogens is 1. The van der Waals surface area contributed by atoms with Gasteiger partial charge in [-0.1, -0.05) is 30.0 Å². The molecule has 2 aromatic heterocycles. The van der Waals surface area contributed by atoms with Crippen molar-refractivity contribution in [3.05, 3.63) is 60.2 Å². The van der Waals surface area contributed by atoms with Crippen LogP contribution in [0.1, 0.15) is 5.76 Å². The maximum absolute atomic E-state index is 14.0. The molecule has 0 spiro atoms. The van der Waals surface area contributed by atoms with Gasteiger partial charge in [-0.05, 0) is 24.3 Å². The molecule has 1 N–H and O–H groups in total. The fraction of sp³-hybridized carbons (Fsp3) is 0.211. The molecule has 0 atom stereocenters. The summed E-state index contributed by atoms with van der Waals surface area (Å²) in [7, 11) is 0. The number of hydrogen-bond acceptors (Lipinski definition) is 8. The van der Waals surface area contributed by atoms with E-state index in [-0.39, 0.29) is 11.8 Å². The second-order valence-electron chi connectivity index (χ2n) is 5.91. The maximum atomic E-state index is 14.0. The quantitative estimate of drug-likeness (QED) is 0.501. The van der Waals surface area contributed by atoms with Gasteiger partial charge >= 0.3 is 0 Å². The summed E-state index contributed by atoms with van der Waals surface area (Å²) in [5.74, 6) is 0.576. The number of ether oxygens (including phenoxy) is 1. The molecule has 0 radical (unpaired) electrons. The highest BCUT2D eigenvalue weighted by molar-refractivity contribution is 7.99. The molecule has 0 bridgehead atoms. The van der Waals surface area contributed by atoms with Crippen LogP contribution in [0.2, 0.25) is 0 Å². The number of nitrogens with one attached hydrogen (secondary N) is 1. The highest BCUT2D eigenvalue weighted by atomic mass is 32.2. The summed E-state index contributed by atoms with van der Waals surface area (Å²) in [5, 5.41) is 4.84. The summed E-state index contributed by atoms with van der Waals surface area (Å²) in [4.78, 5) is 11.1. The maximum Gasteiger partial charge on any atom is 0.245 e. The molecule has 144 valence electrons. The molecule has 0 amide bonds. The Morgan fingerprint density at radius 1 is 1.14 bits per heavy atom. The first kappa shape index (κ1) is 18.5. The van der Waals surface area contributed by atoms with Gasteiger partial charge in [-0.15, -0.1) is 0 Å². The molecule has 1 saturated heterocycles. The second-order valence-corrected chi connectivity index (χ2v) is 6.98. The van der Waals surface area contributed by atoms with Gasteiger partial charge in [-0.2, -0.15) is 10.1 Å². The van der Waals surface area contributed by atoms with Crippen LogP contribution < -0.4 is 10.3 Å². The molecule has 7 nitrogen and oxygen atoms in total. The Bertz CT molecular complexity index is 945. The minimum Gasteiger partial charge on any atom is -0.448 e. The topological polar surface area (TPSA) is 75.8 Å². The molecule has 0 aliphatic carbocycles. The van der Waals surface area contributed by atoms with Crippen molar-refractivity contribution in [1.82, 2.24) is 9.97 Å². The summed E-state index contributed by atoms with van der Waals surface area (Å²) < 4.78 is 25.0. The zero-order valence-corrected chi connectivity index (χ0v) is 15.7. The predicted molar refractivity (Wildman–Crippen MR) is 106 cm³/mol. The number of hydrogen-bond donors (Lipinski definition) is 1. The van der Waals surface area contributed by atoms with Crippen LogP contribution in [0, 0.1) is 5.82 Å². The van der Waals surface area contributed by atoms with Gasteiger partial charge in [-0.25, -0.2) is 14.8 Å². The fourth-order valence-corrected chi connectivity index (χ4v) is 3.43. The Morgan fingerprint density at radius 2 is 1.96 bits per heavy atom. The molecule has 0 unspecified atom stereocenters. The SMILES string of the molecule is Fc1cnc(NN=Cc2ccc(Sc3ccccc3)o2)nc1N1CCOCC1. The fourth-order valence-electron chi connectivity index (χ4n) is 2.63. The number of furan rings is 1. The van der Waals surface area contributed by atoms with Crippen LogP contribution in [0.25, 0.3) is 0 Å². The molecule has 28 heavy (non-hydrogen) atoms. The number of hydrazone groups is 1. The van der Waals surface area contributed by atoms with E-state index in [9.17, 15) is 4.39 Å². The summed E-state index contributed by atoms with van der Waals surface area (Å²) in [6, 6.07) is 13.7. The number of aromatic nitrogens is 2. The Balaban J connectivity index is 1.38. The van der Waals surface area contributed by atoms with Crippen LogP contribution in [0.5, 0.6) is 0 Å². The Hall–Kier alpha value is -2.91. The molecular formula is C19H18FN5O2S. The van der Waals surface area contributed by atoms with Crippen molar-refractivity contribution in [3.63, 3.8) is 0 Å². The third-order valence-electron chi connectivity index (χ3n) is 3.96. The Morgan fingerprint density at radius 3 is 2.79 bits per heavy atom. The van der Waals surface area contributed by atoms with Crippen molar-refractivity contribution in [2.75, 3.05) is 36.6 Å². The average Bonchev–Trinajstić information content (AvgIpc) is 3.18. The van der Waals surface area contributed by atoms with E-state index in [2.05, 4.69) is 20.5 Å².